The first kappa shape index (κ1) is 14.9. The van der Waals surface area contributed by atoms with Crippen molar-refractivity contribution >= 4 is 15.9 Å². The molecule has 2 unspecified atom stereocenters. The van der Waals surface area contributed by atoms with Gasteiger partial charge in [0.05, 0.1) is 23.2 Å². The lowest BCUT2D eigenvalue weighted by Gasteiger charge is -2.43. The van der Waals surface area contributed by atoms with E-state index in [0.717, 1.165) is 12.1 Å². The number of nitrogens with zero attached hydrogens (tertiary/aromatic N) is 1. The molecule has 0 spiro atoms. The average molecular weight is 331 g/mol. The molecule has 1 aromatic carbocycles. The van der Waals surface area contributed by atoms with Gasteiger partial charge in [0, 0.05) is 19.1 Å². The van der Waals surface area contributed by atoms with E-state index < -0.39 is 0 Å². The normalized spacial score (nSPS) is 24.9. The summed E-state index contributed by atoms with van der Waals surface area (Å²) in [5.74, 6) is -0.248. The van der Waals surface area contributed by atoms with Crippen LogP contribution in [0.3, 0.4) is 0 Å². The molecule has 0 amide bonds. The second kappa shape index (κ2) is 6.31. The Morgan fingerprint density at radius 3 is 2.84 bits per heavy atom. The van der Waals surface area contributed by atoms with E-state index in [2.05, 4.69) is 34.7 Å². The predicted octanol–water partition coefficient (Wildman–Crippen LogP) is 2.70. The van der Waals surface area contributed by atoms with Crippen LogP contribution in [0.15, 0.2) is 22.7 Å². The van der Waals surface area contributed by atoms with Gasteiger partial charge >= 0.3 is 0 Å². The van der Waals surface area contributed by atoms with Crippen LogP contribution in [0.2, 0.25) is 0 Å². The number of hydrogen-bond donors (Lipinski definition) is 1. The number of benzene rings is 1. The van der Waals surface area contributed by atoms with E-state index in [1.807, 2.05) is 6.07 Å². The quantitative estimate of drug-likeness (QED) is 0.926. The highest BCUT2D eigenvalue weighted by atomic mass is 79.9. The Labute approximate surface area is 122 Å². The third-order valence-corrected chi connectivity index (χ3v) is 4.21. The van der Waals surface area contributed by atoms with E-state index in [4.69, 9.17) is 10.5 Å². The predicted molar refractivity (Wildman–Crippen MR) is 77.5 cm³/mol. The molecule has 0 radical (unpaired) electrons. The van der Waals surface area contributed by atoms with Crippen LogP contribution in [0.25, 0.3) is 0 Å². The number of morpholine rings is 1. The van der Waals surface area contributed by atoms with Crippen LogP contribution < -0.4 is 5.73 Å². The van der Waals surface area contributed by atoms with E-state index in [1.54, 1.807) is 12.1 Å². The summed E-state index contributed by atoms with van der Waals surface area (Å²) in [4.78, 5) is 2.32. The number of hydrogen-bond acceptors (Lipinski definition) is 3. The Morgan fingerprint density at radius 2 is 2.26 bits per heavy atom. The highest BCUT2D eigenvalue weighted by Gasteiger charge is 2.34. The summed E-state index contributed by atoms with van der Waals surface area (Å²) in [6.45, 7) is 6.24. The van der Waals surface area contributed by atoms with Crippen molar-refractivity contribution in [2.24, 2.45) is 5.73 Å². The molecule has 2 rings (SSSR count). The van der Waals surface area contributed by atoms with Crippen LogP contribution in [0.5, 0.6) is 0 Å². The summed E-state index contributed by atoms with van der Waals surface area (Å²) in [5.41, 5.74) is 6.73. The molecule has 1 aliphatic rings. The second-order valence-electron chi connectivity index (χ2n) is 5.09. The van der Waals surface area contributed by atoms with E-state index in [9.17, 15) is 4.39 Å². The number of nitrogens with two attached hydrogens (primary N) is 1. The lowest BCUT2D eigenvalue weighted by Crippen LogP contribution is -2.50. The molecule has 2 atom stereocenters. The van der Waals surface area contributed by atoms with Crippen LogP contribution in [0, 0.1) is 5.82 Å². The van der Waals surface area contributed by atoms with Gasteiger partial charge in [-0.2, -0.15) is 0 Å². The zero-order chi connectivity index (χ0) is 14.0. The van der Waals surface area contributed by atoms with Gasteiger partial charge in [0.2, 0.25) is 0 Å². The van der Waals surface area contributed by atoms with Gasteiger partial charge in [-0.15, -0.1) is 0 Å². The van der Waals surface area contributed by atoms with E-state index in [0.29, 0.717) is 23.7 Å². The molecule has 1 saturated heterocycles. The summed E-state index contributed by atoms with van der Waals surface area (Å²) in [5, 5.41) is 0. The van der Waals surface area contributed by atoms with Crippen molar-refractivity contribution in [2.75, 3.05) is 19.7 Å². The fourth-order valence-corrected chi connectivity index (χ4v) is 2.88. The van der Waals surface area contributed by atoms with Gasteiger partial charge in [-0.1, -0.05) is 6.07 Å². The monoisotopic (exact) mass is 330 g/mol. The Kier molecular flexibility index (Phi) is 4.95. The van der Waals surface area contributed by atoms with E-state index in [-0.39, 0.29) is 18.0 Å². The third-order valence-electron chi connectivity index (χ3n) is 3.57. The minimum Gasteiger partial charge on any atom is -0.374 e. The maximum absolute atomic E-state index is 13.8. The van der Waals surface area contributed by atoms with Crippen LogP contribution in [-0.4, -0.2) is 36.7 Å². The first-order valence-corrected chi connectivity index (χ1v) is 7.36. The zero-order valence-electron chi connectivity index (χ0n) is 11.3. The van der Waals surface area contributed by atoms with Crippen molar-refractivity contribution in [3.63, 3.8) is 0 Å². The van der Waals surface area contributed by atoms with Crippen LogP contribution in [0.4, 0.5) is 4.39 Å². The summed E-state index contributed by atoms with van der Waals surface area (Å²) in [6, 6.07) is 5.63. The second-order valence-corrected chi connectivity index (χ2v) is 5.95. The molecular formula is C14H20BrFN2O. The topological polar surface area (TPSA) is 38.5 Å². The Bertz CT molecular complexity index is 441. The van der Waals surface area contributed by atoms with Gasteiger partial charge in [0.15, 0.2) is 0 Å². The van der Waals surface area contributed by atoms with Gasteiger partial charge in [-0.25, -0.2) is 4.39 Å². The van der Waals surface area contributed by atoms with Crippen molar-refractivity contribution < 1.29 is 9.13 Å². The molecule has 1 aliphatic heterocycles. The van der Waals surface area contributed by atoms with Gasteiger partial charge < -0.3 is 10.5 Å². The Hall–Kier alpha value is -0.490. The number of rotatable bonds is 3. The summed E-state index contributed by atoms with van der Waals surface area (Å²) >= 11 is 3.19. The van der Waals surface area contributed by atoms with Gasteiger partial charge in [-0.3, -0.25) is 4.90 Å². The fourth-order valence-electron chi connectivity index (χ4n) is 2.63. The molecule has 3 nitrogen and oxygen atoms in total. The lowest BCUT2D eigenvalue weighted by atomic mass is 9.96. The van der Waals surface area contributed by atoms with Gasteiger partial charge in [-0.05, 0) is 47.5 Å². The Balaban J connectivity index is 2.36. The molecule has 0 saturated carbocycles. The number of ether oxygens (including phenoxy) is 1. The van der Waals surface area contributed by atoms with Crippen molar-refractivity contribution in [2.45, 2.75) is 32.0 Å². The highest BCUT2D eigenvalue weighted by Crippen LogP contribution is 2.32. The molecular weight excluding hydrogens is 311 g/mol. The SMILES string of the molecule is CC(C)N1CCOC(CN)C1c1ccc(Br)c(F)c1. The molecule has 19 heavy (non-hydrogen) atoms. The van der Waals surface area contributed by atoms with Crippen LogP contribution in [0.1, 0.15) is 25.5 Å². The van der Waals surface area contributed by atoms with Crippen LogP contribution >= 0.6 is 15.9 Å². The average Bonchev–Trinajstić information content (AvgIpc) is 2.41. The Morgan fingerprint density at radius 1 is 1.53 bits per heavy atom. The molecule has 0 aromatic heterocycles. The lowest BCUT2D eigenvalue weighted by molar-refractivity contribution is -0.0790. The van der Waals surface area contributed by atoms with Gasteiger partial charge in [0.25, 0.3) is 0 Å². The maximum Gasteiger partial charge on any atom is 0.137 e. The van der Waals surface area contributed by atoms with Gasteiger partial charge in [0.1, 0.15) is 5.82 Å². The van der Waals surface area contributed by atoms with Crippen LogP contribution in [-0.2, 0) is 4.74 Å². The highest BCUT2D eigenvalue weighted by molar-refractivity contribution is 9.10. The number of halogens is 2. The molecule has 0 bridgehead atoms. The molecule has 1 aromatic rings. The fraction of sp³-hybridized carbons (Fsp3) is 0.571. The summed E-state index contributed by atoms with van der Waals surface area (Å²) in [6.07, 6.45) is -0.0864. The van der Waals surface area contributed by atoms with E-state index in [1.165, 1.54) is 0 Å². The largest absolute Gasteiger partial charge is 0.374 e. The summed E-state index contributed by atoms with van der Waals surface area (Å²) < 4.78 is 20.0. The smallest absolute Gasteiger partial charge is 0.137 e. The maximum atomic E-state index is 13.8. The van der Waals surface area contributed by atoms with Crippen molar-refractivity contribution in [1.29, 1.82) is 0 Å². The standard InChI is InChI=1S/C14H20BrFN2O/c1-9(2)18-5-6-19-13(8-17)14(18)10-3-4-11(15)12(16)7-10/h3-4,7,9,13-14H,5-6,8,17H2,1-2H3. The first-order chi connectivity index (χ1) is 9.04. The molecule has 5 heteroatoms. The van der Waals surface area contributed by atoms with Crippen molar-refractivity contribution in [3.8, 4) is 0 Å². The molecule has 1 fully saturated rings. The molecule has 106 valence electrons. The van der Waals surface area contributed by atoms with Crippen molar-refractivity contribution in [3.05, 3.63) is 34.1 Å². The van der Waals surface area contributed by atoms with Crippen molar-refractivity contribution in [1.82, 2.24) is 4.90 Å². The molecule has 2 N–H and O–H groups in total. The first-order valence-electron chi connectivity index (χ1n) is 6.57. The third kappa shape index (κ3) is 3.16. The minimum absolute atomic E-state index is 0.0151. The van der Waals surface area contributed by atoms with E-state index >= 15 is 0 Å². The summed E-state index contributed by atoms with van der Waals surface area (Å²) in [7, 11) is 0. The molecule has 1 heterocycles. The molecule has 0 aliphatic carbocycles. The zero-order valence-corrected chi connectivity index (χ0v) is 12.9. The minimum atomic E-state index is -0.248.